The Morgan fingerprint density at radius 2 is 0.687 bits per heavy atom. The molecule has 0 atom stereocenters. The van der Waals surface area contributed by atoms with E-state index in [2.05, 4.69) is 252 Å². The van der Waals surface area contributed by atoms with Gasteiger partial charge in [-0.25, -0.2) is 0 Å². The maximum atomic E-state index is 2.55. The van der Waals surface area contributed by atoms with Gasteiger partial charge in [-0.1, -0.05) is 204 Å². The summed E-state index contributed by atoms with van der Waals surface area (Å²) in [6.07, 6.45) is 0. The van der Waals surface area contributed by atoms with Crippen LogP contribution in [0.15, 0.2) is 243 Å². The summed E-state index contributed by atoms with van der Waals surface area (Å²) in [7, 11) is -0.793. The summed E-state index contributed by atoms with van der Waals surface area (Å²) in [6, 6.07) is 90.8. The zero-order valence-corrected chi connectivity index (χ0v) is 38.1. The lowest BCUT2D eigenvalue weighted by Crippen LogP contribution is -2.26. The van der Waals surface area contributed by atoms with Crippen LogP contribution < -0.4 is 10.4 Å². The fourth-order valence-corrected chi connectivity index (χ4v) is 12.9. The SMILES string of the molecule is c1ccc([SiH2]c2ccc3c(-c4cc5ccccc5c5ccccc45)c4ccccc4c(-c4cc(-n5c6ccccc6c6ccccc65)cc(-n5c6ccccc6c6ccccc65)c4)c3c2)cc1. The van der Waals surface area contributed by atoms with E-state index < -0.39 is 9.52 Å². The molecule has 14 aromatic rings. The average molecular weight is 867 g/mol. The third kappa shape index (κ3) is 5.88. The van der Waals surface area contributed by atoms with Gasteiger partial charge in [-0.15, -0.1) is 0 Å². The predicted octanol–water partition coefficient (Wildman–Crippen LogP) is 14.9. The number of aromatic nitrogens is 2. The highest BCUT2D eigenvalue weighted by molar-refractivity contribution is 6.67. The van der Waals surface area contributed by atoms with Crippen molar-refractivity contribution in [3.63, 3.8) is 0 Å². The number of hydrogen-bond acceptors (Lipinski definition) is 0. The van der Waals surface area contributed by atoms with Crippen LogP contribution in [-0.2, 0) is 0 Å². The molecule has 67 heavy (non-hydrogen) atoms. The largest absolute Gasteiger partial charge is 0.309 e. The van der Waals surface area contributed by atoms with Gasteiger partial charge >= 0.3 is 0 Å². The second-order valence-corrected chi connectivity index (χ2v) is 20.0. The number of benzene rings is 12. The molecule has 0 saturated carbocycles. The maximum Gasteiger partial charge on any atom is 0.0875 e. The van der Waals surface area contributed by atoms with E-state index in [1.54, 1.807) is 0 Å². The second kappa shape index (κ2) is 15.0. The molecule has 2 heterocycles. The van der Waals surface area contributed by atoms with Crippen LogP contribution in [0.1, 0.15) is 0 Å². The standard InChI is InChI=1S/C64H42N2Si/c1-2-19-45(20-3-1)67-46-34-35-56-58(40-46)63(54-28-8-9-29-55(54)64(56)57-38-41-18-4-5-21-47(41)48-22-6-7-23-49(48)57)42-36-43(65-59-30-14-10-24-50(59)51-25-11-15-31-60(51)65)39-44(37-42)66-61-32-16-12-26-52(61)53-27-13-17-33-62(53)66/h1-40H,67H2. The van der Waals surface area contributed by atoms with Gasteiger partial charge in [-0.3, -0.25) is 0 Å². The van der Waals surface area contributed by atoms with E-state index in [4.69, 9.17) is 0 Å². The van der Waals surface area contributed by atoms with Gasteiger partial charge in [0.25, 0.3) is 0 Å². The Balaban J connectivity index is 1.14. The monoisotopic (exact) mass is 866 g/mol. The molecule has 0 amide bonds. The van der Waals surface area contributed by atoms with E-state index in [1.807, 2.05) is 0 Å². The lowest BCUT2D eigenvalue weighted by Gasteiger charge is -2.22. The van der Waals surface area contributed by atoms with Crippen LogP contribution in [-0.4, -0.2) is 18.7 Å². The summed E-state index contributed by atoms with van der Waals surface area (Å²) < 4.78 is 4.97. The molecule has 0 N–H and O–H groups in total. The van der Waals surface area contributed by atoms with Crippen molar-refractivity contribution in [3.05, 3.63) is 243 Å². The van der Waals surface area contributed by atoms with Crippen molar-refractivity contribution >= 4 is 107 Å². The zero-order chi connectivity index (χ0) is 44.0. The first-order valence-electron chi connectivity index (χ1n) is 23.3. The number of nitrogens with zero attached hydrogens (tertiary/aromatic N) is 2. The van der Waals surface area contributed by atoms with Crippen molar-refractivity contribution in [1.29, 1.82) is 0 Å². The average Bonchev–Trinajstić information content (AvgIpc) is 3.91. The Morgan fingerprint density at radius 3 is 1.25 bits per heavy atom. The molecule has 0 bridgehead atoms. The highest BCUT2D eigenvalue weighted by atomic mass is 28.2. The van der Waals surface area contributed by atoms with Gasteiger partial charge in [0.1, 0.15) is 0 Å². The van der Waals surface area contributed by atoms with Gasteiger partial charge < -0.3 is 9.13 Å². The van der Waals surface area contributed by atoms with Gasteiger partial charge in [0.15, 0.2) is 0 Å². The predicted molar refractivity (Wildman–Crippen MR) is 290 cm³/mol. The first kappa shape index (κ1) is 37.8. The molecule has 0 aliphatic rings. The van der Waals surface area contributed by atoms with Gasteiger partial charge in [0, 0.05) is 32.9 Å². The minimum atomic E-state index is -0.793. The molecule has 14 rings (SSSR count). The summed E-state index contributed by atoms with van der Waals surface area (Å²) >= 11 is 0. The molecule has 2 aromatic heterocycles. The molecule has 3 heteroatoms. The van der Waals surface area contributed by atoms with E-state index >= 15 is 0 Å². The van der Waals surface area contributed by atoms with Crippen LogP contribution in [0.2, 0.25) is 0 Å². The Labute approximate surface area is 390 Å². The third-order valence-corrected chi connectivity index (χ3v) is 16.0. The second-order valence-electron chi connectivity index (χ2n) is 18.0. The first-order valence-corrected chi connectivity index (χ1v) is 24.7. The van der Waals surface area contributed by atoms with Gasteiger partial charge in [0.05, 0.1) is 31.6 Å². The van der Waals surface area contributed by atoms with Gasteiger partial charge in [-0.2, -0.15) is 0 Å². The minimum absolute atomic E-state index is 0.793. The third-order valence-electron chi connectivity index (χ3n) is 14.2. The van der Waals surface area contributed by atoms with Crippen LogP contribution in [0.3, 0.4) is 0 Å². The van der Waals surface area contributed by atoms with Crippen molar-refractivity contribution in [2.75, 3.05) is 0 Å². The van der Waals surface area contributed by atoms with Crippen molar-refractivity contribution in [2.24, 2.45) is 0 Å². The van der Waals surface area contributed by atoms with Crippen LogP contribution in [0.25, 0.3) is 120 Å². The van der Waals surface area contributed by atoms with Gasteiger partial charge in [0.2, 0.25) is 0 Å². The summed E-state index contributed by atoms with van der Waals surface area (Å²) in [5.74, 6) is 0. The number of rotatable bonds is 6. The first-order chi connectivity index (χ1) is 33.2. The molecule has 312 valence electrons. The van der Waals surface area contributed by atoms with Crippen LogP contribution in [0.5, 0.6) is 0 Å². The van der Waals surface area contributed by atoms with Crippen molar-refractivity contribution in [1.82, 2.24) is 9.13 Å². The Kier molecular flexibility index (Phi) is 8.49. The fourth-order valence-electron chi connectivity index (χ4n) is 11.4. The van der Waals surface area contributed by atoms with Crippen LogP contribution in [0.4, 0.5) is 0 Å². The van der Waals surface area contributed by atoms with E-state index in [-0.39, 0.29) is 0 Å². The van der Waals surface area contributed by atoms with Crippen molar-refractivity contribution < 1.29 is 0 Å². The molecule has 0 aliphatic carbocycles. The molecule has 2 nitrogen and oxygen atoms in total. The van der Waals surface area contributed by atoms with Crippen LogP contribution in [0, 0.1) is 0 Å². The van der Waals surface area contributed by atoms with E-state index in [9.17, 15) is 0 Å². The normalized spacial score (nSPS) is 12.1. The molecule has 0 aliphatic heterocycles. The molecule has 0 saturated heterocycles. The lowest BCUT2D eigenvalue weighted by molar-refractivity contribution is 1.14. The van der Waals surface area contributed by atoms with Crippen molar-refractivity contribution in [2.45, 2.75) is 0 Å². The lowest BCUT2D eigenvalue weighted by atomic mass is 9.83. The molecular formula is C64H42N2Si. The highest BCUT2D eigenvalue weighted by Gasteiger charge is 2.23. The zero-order valence-electron chi connectivity index (χ0n) is 36.7. The van der Waals surface area contributed by atoms with Gasteiger partial charge in [-0.05, 0) is 114 Å². The topological polar surface area (TPSA) is 9.86 Å². The summed E-state index contributed by atoms with van der Waals surface area (Å²) in [4.78, 5) is 0. The summed E-state index contributed by atoms with van der Waals surface area (Å²) in [5.41, 5.74) is 12.0. The molecule has 12 aromatic carbocycles. The Hall–Kier alpha value is -8.50. The highest BCUT2D eigenvalue weighted by Crippen LogP contribution is 2.48. The molecule has 0 radical (unpaired) electrons. The van der Waals surface area contributed by atoms with E-state index in [1.165, 1.54) is 119 Å². The van der Waals surface area contributed by atoms with Crippen molar-refractivity contribution in [3.8, 4) is 33.6 Å². The minimum Gasteiger partial charge on any atom is -0.309 e. The summed E-state index contributed by atoms with van der Waals surface area (Å²) in [5, 5.41) is 18.0. The number of hydrogen-bond donors (Lipinski definition) is 0. The number of fused-ring (bicyclic) bond motifs is 11. The molecular weight excluding hydrogens is 825 g/mol. The Bertz CT molecular complexity index is 4070. The van der Waals surface area contributed by atoms with E-state index in [0.717, 1.165) is 11.4 Å². The number of para-hydroxylation sites is 4. The molecule has 0 spiro atoms. The van der Waals surface area contributed by atoms with Crippen LogP contribution >= 0.6 is 0 Å². The quantitative estimate of drug-likeness (QED) is 0.0895. The molecule has 0 fully saturated rings. The summed E-state index contributed by atoms with van der Waals surface area (Å²) in [6.45, 7) is 0. The smallest absolute Gasteiger partial charge is 0.0875 e. The Morgan fingerprint density at radius 1 is 0.254 bits per heavy atom. The molecule has 0 unspecified atom stereocenters. The fraction of sp³-hybridized carbons (Fsp3) is 0. The van der Waals surface area contributed by atoms with E-state index in [0.29, 0.717) is 0 Å². The maximum absolute atomic E-state index is 2.55.